The highest BCUT2D eigenvalue weighted by molar-refractivity contribution is 8.01. The summed E-state index contributed by atoms with van der Waals surface area (Å²) in [6.07, 6.45) is 0. The molecule has 0 aliphatic heterocycles. The van der Waals surface area contributed by atoms with Crippen LogP contribution in [0.3, 0.4) is 0 Å². The molecule has 0 amide bonds. The predicted octanol–water partition coefficient (Wildman–Crippen LogP) is 1.96. The van der Waals surface area contributed by atoms with Crippen LogP contribution in [0.5, 0.6) is 0 Å². The van der Waals surface area contributed by atoms with E-state index in [-0.39, 0.29) is 5.75 Å². The Bertz CT molecular complexity index is 684. The number of aryl methyl sites for hydroxylation is 1. The Balaban J connectivity index is 1.86. The Morgan fingerprint density at radius 2 is 2.20 bits per heavy atom. The monoisotopic (exact) mass is 330 g/mol. The van der Waals surface area contributed by atoms with Gasteiger partial charge in [-0.3, -0.25) is 4.72 Å². The number of thioether (sulfide) groups is 1. The number of nitrogen functional groups attached to an aromatic ring is 1. The summed E-state index contributed by atoms with van der Waals surface area (Å²) < 4.78 is 26.1. The minimum absolute atomic E-state index is 0.00505. The van der Waals surface area contributed by atoms with Crippen molar-refractivity contribution in [2.75, 3.05) is 22.0 Å². The lowest BCUT2D eigenvalue weighted by Crippen LogP contribution is -2.18. The largest absolute Gasteiger partial charge is 0.399 e. The zero-order valence-corrected chi connectivity index (χ0v) is 13.2. The second-order valence-corrected chi connectivity index (χ2v) is 8.16. The molecule has 1 aromatic heterocycles. The third kappa shape index (κ3) is 4.66. The quantitative estimate of drug-likeness (QED) is 0.620. The Kier molecular flexibility index (Phi) is 4.84. The number of sulfonamides is 1. The van der Waals surface area contributed by atoms with E-state index in [2.05, 4.69) is 14.9 Å². The van der Waals surface area contributed by atoms with Crippen molar-refractivity contribution < 1.29 is 8.42 Å². The third-order valence-corrected chi connectivity index (χ3v) is 5.63. The molecule has 0 unspecified atom stereocenters. The molecule has 9 heteroatoms. The first-order chi connectivity index (χ1) is 9.44. The van der Waals surface area contributed by atoms with Crippen LogP contribution in [0.25, 0.3) is 0 Å². The highest BCUT2D eigenvalue weighted by Gasteiger charge is 2.13. The molecule has 108 valence electrons. The molecule has 1 heterocycles. The molecule has 3 N–H and O–H groups in total. The van der Waals surface area contributed by atoms with Crippen molar-refractivity contribution in [3.8, 4) is 0 Å². The molecule has 0 atom stereocenters. The van der Waals surface area contributed by atoms with E-state index in [0.717, 1.165) is 9.90 Å². The van der Waals surface area contributed by atoms with Crippen molar-refractivity contribution >= 4 is 43.9 Å². The number of nitrogens with zero attached hydrogens (tertiary/aromatic N) is 2. The average Bonchev–Trinajstić information content (AvgIpc) is 2.73. The third-order valence-electron chi connectivity index (χ3n) is 2.25. The highest BCUT2D eigenvalue weighted by atomic mass is 32.2. The Hall–Kier alpha value is -1.32. The summed E-state index contributed by atoms with van der Waals surface area (Å²) in [5.41, 5.74) is 6.33. The van der Waals surface area contributed by atoms with Gasteiger partial charge < -0.3 is 5.73 Å². The van der Waals surface area contributed by atoms with Crippen LogP contribution in [0, 0.1) is 6.92 Å². The van der Waals surface area contributed by atoms with Gasteiger partial charge in [-0.15, -0.1) is 22.0 Å². The molecule has 2 aromatic rings. The van der Waals surface area contributed by atoms with Crippen molar-refractivity contribution in [2.24, 2.45) is 0 Å². The van der Waals surface area contributed by atoms with E-state index in [1.165, 1.54) is 23.1 Å². The maximum Gasteiger partial charge on any atom is 0.235 e. The number of rotatable bonds is 6. The fourth-order valence-electron chi connectivity index (χ4n) is 1.40. The highest BCUT2D eigenvalue weighted by Crippen LogP contribution is 2.21. The van der Waals surface area contributed by atoms with Crippen LogP contribution in [0.4, 0.5) is 10.8 Å². The van der Waals surface area contributed by atoms with Gasteiger partial charge in [0, 0.05) is 16.3 Å². The smallest absolute Gasteiger partial charge is 0.235 e. The summed E-state index contributed by atoms with van der Waals surface area (Å²) >= 11 is 2.66. The van der Waals surface area contributed by atoms with Gasteiger partial charge in [-0.25, -0.2) is 8.42 Å². The van der Waals surface area contributed by atoms with E-state index in [4.69, 9.17) is 5.73 Å². The van der Waals surface area contributed by atoms with Crippen molar-refractivity contribution in [1.29, 1.82) is 0 Å². The molecule has 0 fully saturated rings. The first kappa shape index (κ1) is 15.1. The molecule has 0 saturated carbocycles. The molecule has 0 bridgehead atoms. The van der Waals surface area contributed by atoms with E-state index >= 15 is 0 Å². The molecule has 1 aromatic carbocycles. The molecule has 2 rings (SSSR count). The summed E-state index contributed by atoms with van der Waals surface area (Å²) in [5.74, 6) is 0.446. The Morgan fingerprint density at radius 3 is 2.85 bits per heavy atom. The van der Waals surface area contributed by atoms with Crippen molar-refractivity contribution in [3.63, 3.8) is 0 Å². The second kappa shape index (κ2) is 6.42. The van der Waals surface area contributed by atoms with Crippen LogP contribution in [0.15, 0.2) is 29.2 Å². The predicted molar refractivity (Wildman–Crippen MR) is 83.6 cm³/mol. The fraction of sp³-hybridized carbons (Fsp3) is 0.273. The maximum atomic E-state index is 11.9. The van der Waals surface area contributed by atoms with Gasteiger partial charge >= 0.3 is 0 Å². The molecule has 0 saturated heterocycles. The summed E-state index contributed by atoms with van der Waals surface area (Å²) in [6.45, 7) is 1.77. The van der Waals surface area contributed by atoms with Crippen molar-refractivity contribution in [1.82, 2.24) is 10.2 Å². The van der Waals surface area contributed by atoms with Crippen molar-refractivity contribution in [2.45, 2.75) is 11.8 Å². The molecule has 0 aliphatic carbocycles. The number of hydrogen-bond donors (Lipinski definition) is 2. The van der Waals surface area contributed by atoms with E-state index in [0.29, 0.717) is 16.6 Å². The van der Waals surface area contributed by atoms with E-state index in [9.17, 15) is 8.42 Å². The number of aromatic nitrogens is 2. The Morgan fingerprint density at radius 1 is 1.40 bits per heavy atom. The summed E-state index contributed by atoms with van der Waals surface area (Å²) in [7, 11) is -3.40. The van der Waals surface area contributed by atoms with Gasteiger partial charge in [-0.1, -0.05) is 17.4 Å². The van der Waals surface area contributed by atoms with E-state index in [1.807, 2.05) is 18.2 Å². The van der Waals surface area contributed by atoms with Crippen LogP contribution < -0.4 is 10.5 Å². The van der Waals surface area contributed by atoms with Crippen LogP contribution in [-0.4, -0.2) is 30.1 Å². The minimum atomic E-state index is -3.40. The topological polar surface area (TPSA) is 98.0 Å². The van der Waals surface area contributed by atoms with Gasteiger partial charge in [-0.2, -0.15) is 0 Å². The van der Waals surface area contributed by atoms with Crippen LogP contribution in [0.2, 0.25) is 0 Å². The molecular formula is C11H14N4O2S3. The van der Waals surface area contributed by atoms with Crippen molar-refractivity contribution in [3.05, 3.63) is 29.3 Å². The first-order valence-electron chi connectivity index (χ1n) is 5.73. The average molecular weight is 330 g/mol. The lowest BCUT2D eigenvalue weighted by atomic mass is 10.3. The SMILES string of the molecule is Cc1nnc(NS(=O)(=O)CCSc2cccc(N)c2)s1. The summed E-state index contributed by atoms with van der Waals surface area (Å²) in [5, 5.41) is 8.52. The van der Waals surface area contributed by atoms with E-state index in [1.54, 1.807) is 13.0 Å². The number of benzene rings is 1. The van der Waals surface area contributed by atoms with Gasteiger partial charge in [0.15, 0.2) is 0 Å². The zero-order valence-electron chi connectivity index (χ0n) is 10.7. The zero-order chi connectivity index (χ0) is 14.6. The lowest BCUT2D eigenvalue weighted by molar-refractivity contribution is 0.602. The fourth-order valence-corrected chi connectivity index (χ4v) is 4.64. The van der Waals surface area contributed by atoms with Crippen LogP contribution in [0.1, 0.15) is 5.01 Å². The normalized spacial score (nSPS) is 11.4. The van der Waals surface area contributed by atoms with Gasteiger partial charge in [0.25, 0.3) is 0 Å². The number of nitrogens with one attached hydrogen (secondary N) is 1. The molecular weight excluding hydrogens is 316 g/mol. The first-order valence-corrected chi connectivity index (χ1v) is 9.19. The number of hydrogen-bond acceptors (Lipinski definition) is 7. The molecule has 0 radical (unpaired) electrons. The number of nitrogens with two attached hydrogens (primary N) is 1. The molecule has 6 nitrogen and oxygen atoms in total. The van der Waals surface area contributed by atoms with E-state index < -0.39 is 10.0 Å². The molecule has 20 heavy (non-hydrogen) atoms. The second-order valence-electron chi connectivity index (χ2n) is 3.97. The lowest BCUT2D eigenvalue weighted by Gasteiger charge is -2.05. The van der Waals surface area contributed by atoms with Crippen LogP contribution in [-0.2, 0) is 10.0 Å². The maximum absolute atomic E-state index is 11.9. The number of anilines is 2. The van der Waals surface area contributed by atoms with Crippen LogP contribution >= 0.6 is 23.1 Å². The van der Waals surface area contributed by atoms with Gasteiger partial charge in [0.05, 0.1) is 5.75 Å². The summed E-state index contributed by atoms with van der Waals surface area (Å²) in [6, 6.07) is 7.35. The van der Waals surface area contributed by atoms with Gasteiger partial charge in [0.2, 0.25) is 15.2 Å². The summed E-state index contributed by atoms with van der Waals surface area (Å²) in [4.78, 5) is 0.951. The van der Waals surface area contributed by atoms with Gasteiger partial charge in [-0.05, 0) is 25.1 Å². The molecule has 0 aliphatic rings. The molecule has 0 spiro atoms. The Labute approximate surface area is 125 Å². The standard InChI is InChI=1S/C11H14N4O2S3/c1-8-13-14-11(19-8)15-20(16,17)6-5-18-10-4-2-3-9(12)7-10/h2-4,7H,5-6,12H2,1H3,(H,14,15). The van der Waals surface area contributed by atoms with Gasteiger partial charge in [0.1, 0.15) is 5.01 Å². The minimum Gasteiger partial charge on any atom is -0.399 e.